The third kappa shape index (κ3) is 2.47. The molecule has 0 aliphatic rings. The molecule has 4 nitrogen and oxygen atoms in total. The van der Waals surface area contributed by atoms with E-state index >= 15 is 0 Å². The molecule has 0 bridgehead atoms. The van der Waals surface area contributed by atoms with Gasteiger partial charge in [0.05, 0.1) is 10.2 Å². The van der Waals surface area contributed by atoms with Crippen LogP contribution in [-0.2, 0) is 13.7 Å². The Kier molecular flexibility index (Phi) is 3.82. The number of aryl methyl sites for hydroxylation is 2. The molecule has 6 heteroatoms. The van der Waals surface area contributed by atoms with Crippen LogP contribution in [0.3, 0.4) is 0 Å². The van der Waals surface area contributed by atoms with Crippen molar-refractivity contribution in [1.82, 2.24) is 9.78 Å². The summed E-state index contributed by atoms with van der Waals surface area (Å²) in [5.74, 6) is 0.689. The number of hydrogen-bond acceptors (Lipinski definition) is 3. The van der Waals surface area contributed by atoms with Gasteiger partial charge in [0.25, 0.3) is 0 Å². The predicted molar refractivity (Wildman–Crippen MR) is 75.8 cm³/mol. The standard InChI is InChI=1S/C12H13BrClN3O/c1-7-8(12(14)17(2)16-7)6-18-10-5-3-4-9(15)11(10)13/h3-5H,6,15H2,1-2H3. The van der Waals surface area contributed by atoms with Gasteiger partial charge in [-0.25, -0.2) is 0 Å². The molecule has 0 radical (unpaired) electrons. The molecule has 0 spiro atoms. The predicted octanol–water partition coefficient (Wildman–Crippen LogP) is 3.31. The maximum absolute atomic E-state index is 6.14. The van der Waals surface area contributed by atoms with Gasteiger partial charge in [-0.1, -0.05) is 17.7 Å². The molecule has 0 unspecified atom stereocenters. The van der Waals surface area contributed by atoms with Gasteiger partial charge in [-0.05, 0) is 35.0 Å². The van der Waals surface area contributed by atoms with E-state index in [1.165, 1.54) is 0 Å². The molecule has 0 fully saturated rings. The lowest BCUT2D eigenvalue weighted by Crippen LogP contribution is -1.99. The Morgan fingerprint density at radius 3 is 2.83 bits per heavy atom. The zero-order valence-electron chi connectivity index (χ0n) is 10.1. The summed E-state index contributed by atoms with van der Waals surface area (Å²) in [6.07, 6.45) is 0. The van der Waals surface area contributed by atoms with Gasteiger partial charge in [0.1, 0.15) is 17.5 Å². The van der Waals surface area contributed by atoms with E-state index < -0.39 is 0 Å². The first-order valence-corrected chi connectivity index (χ1v) is 6.52. The van der Waals surface area contributed by atoms with Gasteiger partial charge in [0.2, 0.25) is 0 Å². The van der Waals surface area contributed by atoms with Gasteiger partial charge in [0, 0.05) is 18.3 Å². The maximum atomic E-state index is 6.14. The van der Waals surface area contributed by atoms with E-state index in [-0.39, 0.29) is 0 Å². The third-order valence-electron chi connectivity index (χ3n) is 2.64. The topological polar surface area (TPSA) is 53.1 Å². The van der Waals surface area contributed by atoms with Crippen molar-refractivity contribution in [3.63, 3.8) is 0 Å². The molecule has 0 atom stereocenters. The molecule has 0 saturated carbocycles. The lowest BCUT2D eigenvalue weighted by atomic mass is 10.3. The smallest absolute Gasteiger partial charge is 0.136 e. The van der Waals surface area contributed by atoms with Gasteiger partial charge in [0.15, 0.2) is 0 Å². The van der Waals surface area contributed by atoms with E-state index in [9.17, 15) is 0 Å². The van der Waals surface area contributed by atoms with E-state index in [1.807, 2.05) is 19.1 Å². The van der Waals surface area contributed by atoms with Gasteiger partial charge in [-0.3, -0.25) is 4.68 Å². The van der Waals surface area contributed by atoms with Gasteiger partial charge in [-0.15, -0.1) is 0 Å². The highest BCUT2D eigenvalue weighted by Crippen LogP contribution is 2.31. The quantitative estimate of drug-likeness (QED) is 0.879. The Hall–Kier alpha value is -1.20. The minimum Gasteiger partial charge on any atom is -0.487 e. The van der Waals surface area contributed by atoms with Crippen LogP contribution in [0.25, 0.3) is 0 Å². The number of halogens is 2. The van der Waals surface area contributed by atoms with E-state index in [4.69, 9.17) is 22.1 Å². The summed E-state index contributed by atoms with van der Waals surface area (Å²) in [4.78, 5) is 0. The molecule has 0 aliphatic carbocycles. The summed E-state index contributed by atoms with van der Waals surface area (Å²) in [5, 5.41) is 4.82. The summed E-state index contributed by atoms with van der Waals surface area (Å²) < 4.78 is 8.10. The number of nitrogens with two attached hydrogens (primary N) is 1. The van der Waals surface area contributed by atoms with Gasteiger partial charge in [-0.2, -0.15) is 5.10 Å². The number of nitrogen functional groups attached to an aromatic ring is 1. The van der Waals surface area contributed by atoms with Crippen LogP contribution in [0.15, 0.2) is 22.7 Å². The number of benzene rings is 1. The second-order valence-corrected chi connectivity index (χ2v) is 5.08. The second kappa shape index (κ2) is 5.20. The molecule has 0 amide bonds. The number of nitrogens with zero attached hydrogens (tertiary/aromatic N) is 2. The second-order valence-electron chi connectivity index (χ2n) is 3.93. The molecule has 0 aliphatic heterocycles. The van der Waals surface area contributed by atoms with Crippen LogP contribution in [0, 0.1) is 6.92 Å². The van der Waals surface area contributed by atoms with E-state index in [0.717, 1.165) is 15.7 Å². The van der Waals surface area contributed by atoms with Crippen LogP contribution in [-0.4, -0.2) is 9.78 Å². The summed E-state index contributed by atoms with van der Waals surface area (Å²) in [5.41, 5.74) is 8.17. The molecule has 2 N–H and O–H groups in total. The van der Waals surface area contributed by atoms with Crippen molar-refractivity contribution in [2.45, 2.75) is 13.5 Å². The van der Waals surface area contributed by atoms with Crippen LogP contribution in [0.2, 0.25) is 5.15 Å². The zero-order chi connectivity index (χ0) is 13.3. The zero-order valence-corrected chi connectivity index (χ0v) is 12.4. The highest BCUT2D eigenvalue weighted by molar-refractivity contribution is 9.10. The number of hydrogen-bond donors (Lipinski definition) is 1. The third-order valence-corrected chi connectivity index (χ3v) is 3.96. The van der Waals surface area contributed by atoms with Crippen molar-refractivity contribution < 1.29 is 4.74 Å². The molecule has 1 aromatic carbocycles. The van der Waals surface area contributed by atoms with Crippen molar-refractivity contribution in [3.8, 4) is 5.75 Å². The first kappa shape index (κ1) is 13.2. The van der Waals surface area contributed by atoms with Crippen LogP contribution in [0.5, 0.6) is 5.75 Å². The fourth-order valence-electron chi connectivity index (χ4n) is 1.63. The molecule has 1 heterocycles. The van der Waals surface area contributed by atoms with Crippen LogP contribution >= 0.6 is 27.5 Å². The molecular formula is C12H13BrClN3O. The lowest BCUT2D eigenvalue weighted by Gasteiger charge is -2.09. The fraction of sp³-hybridized carbons (Fsp3) is 0.250. The minimum atomic E-state index is 0.362. The number of anilines is 1. The Morgan fingerprint density at radius 2 is 2.22 bits per heavy atom. The van der Waals surface area contributed by atoms with Gasteiger partial charge < -0.3 is 10.5 Å². The number of rotatable bonds is 3. The lowest BCUT2D eigenvalue weighted by molar-refractivity contribution is 0.303. The first-order valence-electron chi connectivity index (χ1n) is 5.35. The van der Waals surface area contributed by atoms with Crippen molar-refractivity contribution in [3.05, 3.63) is 39.1 Å². The van der Waals surface area contributed by atoms with Crippen molar-refractivity contribution in [2.24, 2.45) is 7.05 Å². The van der Waals surface area contributed by atoms with Crippen molar-refractivity contribution in [1.29, 1.82) is 0 Å². The molecule has 96 valence electrons. The van der Waals surface area contributed by atoms with Crippen molar-refractivity contribution >= 4 is 33.2 Å². The summed E-state index contributed by atoms with van der Waals surface area (Å²) in [6, 6.07) is 5.49. The Balaban J connectivity index is 2.19. The van der Waals surface area contributed by atoms with Crippen molar-refractivity contribution in [2.75, 3.05) is 5.73 Å². The molecule has 2 rings (SSSR count). The van der Waals surface area contributed by atoms with Gasteiger partial charge >= 0.3 is 0 Å². The molecule has 2 aromatic rings. The number of aromatic nitrogens is 2. The van der Waals surface area contributed by atoms with E-state index in [0.29, 0.717) is 23.2 Å². The molecular weight excluding hydrogens is 318 g/mol. The Bertz CT molecular complexity index is 583. The monoisotopic (exact) mass is 329 g/mol. The number of ether oxygens (including phenoxy) is 1. The SMILES string of the molecule is Cc1nn(C)c(Cl)c1COc1cccc(N)c1Br. The normalized spacial score (nSPS) is 10.7. The molecule has 0 saturated heterocycles. The van der Waals surface area contributed by atoms with E-state index in [2.05, 4.69) is 21.0 Å². The largest absolute Gasteiger partial charge is 0.487 e. The van der Waals surface area contributed by atoms with E-state index in [1.54, 1.807) is 17.8 Å². The fourth-order valence-corrected chi connectivity index (χ4v) is 2.23. The molecule has 18 heavy (non-hydrogen) atoms. The summed E-state index contributed by atoms with van der Waals surface area (Å²) >= 11 is 9.53. The summed E-state index contributed by atoms with van der Waals surface area (Å²) in [6.45, 7) is 2.26. The average Bonchev–Trinajstić information content (AvgIpc) is 2.56. The Labute approximate surface area is 119 Å². The maximum Gasteiger partial charge on any atom is 0.136 e. The Morgan fingerprint density at radius 1 is 1.50 bits per heavy atom. The first-order chi connectivity index (χ1) is 8.50. The van der Waals surface area contributed by atoms with Crippen LogP contribution in [0.4, 0.5) is 5.69 Å². The molecule has 1 aromatic heterocycles. The minimum absolute atomic E-state index is 0.362. The highest BCUT2D eigenvalue weighted by atomic mass is 79.9. The van der Waals surface area contributed by atoms with Crippen LogP contribution < -0.4 is 10.5 Å². The average molecular weight is 331 g/mol. The summed E-state index contributed by atoms with van der Waals surface area (Å²) in [7, 11) is 1.80. The van der Waals surface area contributed by atoms with Crippen LogP contribution in [0.1, 0.15) is 11.3 Å². The highest BCUT2D eigenvalue weighted by Gasteiger charge is 2.12.